The molecule has 26 heavy (non-hydrogen) atoms. The lowest BCUT2D eigenvalue weighted by molar-refractivity contribution is -0.164. The van der Waals surface area contributed by atoms with E-state index >= 15 is 0 Å². The predicted molar refractivity (Wildman–Crippen MR) is 102 cm³/mol. The van der Waals surface area contributed by atoms with Gasteiger partial charge in [-0.25, -0.2) is 0 Å². The average Bonchev–Trinajstić information content (AvgIpc) is 2.59. The molecule has 4 saturated carbocycles. The molecule has 5 heteroatoms. The minimum atomic E-state index is -0.245. The smallest absolute Gasteiger partial charge is 0.310 e. The Hall–Kier alpha value is -1.36. The minimum absolute atomic E-state index is 0.0243. The van der Waals surface area contributed by atoms with E-state index in [0.717, 1.165) is 21.9 Å². The van der Waals surface area contributed by atoms with Gasteiger partial charge in [0.15, 0.2) is 6.61 Å². The molecule has 4 fully saturated rings. The fourth-order valence-electron chi connectivity index (χ4n) is 5.73. The van der Waals surface area contributed by atoms with Gasteiger partial charge in [0.1, 0.15) is 0 Å². The van der Waals surface area contributed by atoms with Crippen LogP contribution in [0.15, 0.2) is 28.7 Å². The lowest BCUT2D eigenvalue weighted by Crippen LogP contribution is -2.48. The van der Waals surface area contributed by atoms with Gasteiger partial charge in [0, 0.05) is 4.47 Å². The molecule has 4 nitrogen and oxygen atoms in total. The van der Waals surface area contributed by atoms with E-state index in [-0.39, 0.29) is 30.4 Å². The standard InChI is InChI=1S/C21H26BrNO3/c1-12(17-4-2-3-5-18(17)22)23-19(24)11-26-21(25)20-15-7-13-6-14(9-15)10-16(20)8-13/h2-5,12-16,20H,6-11H2,1H3,(H,23,24)/t12-,13?,14?,15?,16?,20?/m0/s1. The Morgan fingerprint density at radius 1 is 1.12 bits per heavy atom. The Morgan fingerprint density at radius 2 is 1.73 bits per heavy atom. The van der Waals surface area contributed by atoms with E-state index in [2.05, 4.69) is 21.2 Å². The summed E-state index contributed by atoms with van der Waals surface area (Å²) in [6.07, 6.45) is 6.08. The van der Waals surface area contributed by atoms with E-state index in [0.29, 0.717) is 11.8 Å². The third kappa shape index (κ3) is 3.55. The van der Waals surface area contributed by atoms with Crippen LogP contribution >= 0.6 is 15.9 Å². The van der Waals surface area contributed by atoms with Gasteiger partial charge in [-0.1, -0.05) is 34.1 Å². The molecule has 0 spiro atoms. The van der Waals surface area contributed by atoms with E-state index in [4.69, 9.17) is 4.74 Å². The van der Waals surface area contributed by atoms with E-state index in [1.807, 2.05) is 31.2 Å². The molecular formula is C21H26BrNO3. The Balaban J connectivity index is 1.29. The van der Waals surface area contributed by atoms with Crippen LogP contribution in [0.25, 0.3) is 0 Å². The molecule has 1 amide bonds. The lowest BCUT2D eigenvalue weighted by Gasteiger charge is -2.53. The quantitative estimate of drug-likeness (QED) is 0.725. The first-order valence-electron chi connectivity index (χ1n) is 9.71. The molecule has 1 aromatic rings. The van der Waals surface area contributed by atoms with Gasteiger partial charge >= 0.3 is 5.97 Å². The van der Waals surface area contributed by atoms with Crippen LogP contribution in [0, 0.1) is 29.6 Å². The first kappa shape index (κ1) is 18.0. The highest BCUT2D eigenvalue weighted by molar-refractivity contribution is 9.10. The number of halogens is 1. The summed E-state index contributed by atoms with van der Waals surface area (Å²) in [5.74, 6) is 2.26. The molecule has 1 N–H and O–H groups in total. The van der Waals surface area contributed by atoms with Gasteiger partial charge in [-0.3, -0.25) is 9.59 Å². The van der Waals surface area contributed by atoms with Crippen LogP contribution in [0.1, 0.15) is 50.6 Å². The maximum absolute atomic E-state index is 12.6. The molecule has 4 aliphatic carbocycles. The molecule has 4 aliphatic rings. The first-order chi connectivity index (χ1) is 12.5. The molecule has 140 valence electrons. The third-order valence-electron chi connectivity index (χ3n) is 6.59. The Kier molecular flexibility index (Phi) is 5.09. The summed E-state index contributed by atoms with van der Waals surface area (Å²) in [7, 11) is 0. The van der Waals surface area contributed by atoms with Crippen molar-refractivity contribution in [1.29, 1.82) is 0 Å². The zero-order chi connectivity index (χ0) is 18.3. The van der Waals surface area contributed by atoms with Crippen molar-refractivity contribution in [1.82, 2.24) is 5.32 Å². The highest BCUT2D eigenvalue weighted by atomic mass is 79.9. The minimum Gasteiger partial charge on any atom is -0.455 e. The van der Waals surface area contributed by atoms with Gasteiger partial charge < -0.3 is 10.1 Å². The third-order valence-corrected chi connectivity index (χ3v) is 7.32. The lowest BCUT2D eigenvalue weighted by atomic mass is 9.52. The number of carbonyl (C=O) groups excluding carboxylic acids is 2. The predicted octanol–water partition coefficient (Wildman–Crippen LogP) is 4.24. The second-order valence-corrected chi connectivity index (χ2v) is 9.23. The maximum Gasteiger partial charge on any atom is 0.310 e. The second-order valence-electron chi connectivity index (χ2n) is 8.37. The molecule has 0 radical (unpaired) electrons. The Labute approximate surface area is 163 Å². The molecule has 0 unspecified atom stereocenters. The number of nitrogens with one attached hydrogen (secondary N) is 1. The van der Waals surface area contributed by atoms with E-state index in [1.54, 1.807) is 0 Å². The highest BCUT2D eigenvalue weighted by Gasteiger charge is 2.51. The van der Waals surface area contributed by atoms with Crippen LogP contribution in [0.5, 0.6) is 0 Å². The number of hydrogen-bond acceptors (Lipinski definition) is 3. The van der Waals surface area contributed by atoms with Gasteiger partial charge in [-0.05, 0) is 74.3 Å². The van der Waals surface area contributed by atoms with Crippen LogP contribution in [-0.2, 0) is 14.3 Å². The summed E-state index contributed by atoms with van der Waals surface area (Å²) >= 11 is 3.50. The molecule has 5 rings (SSSR count). The van der Waals surface area contributed by atoms with E-state index in [1.165, 1.54) is 32.1 Å². The van der Waals surface area contributed by atoms with Crippen molar-refractivity contribution < 1.29 is 14.3 Å². The number of amides is 1. The number of hydrogen-bond donors (Lipinski definition) is 1. The molecule has 0 saturated heterocycles. The van der Waals surface area contributed by atoms with Crippen molar-refractivity contribution >= 4 is 27.8 Å². The fourth-order valence-corrected chi connectivity index (χ4v) is 6.36. The van der Waals surface area contributed by atoms with Gasteiger partial charge in [0.25, 0.3) is 5.91 Å². The van der Waals surface area contributed by atoms with Crippen molar-refractivity contribution in [3.8, 4) is 0 Å². The molecule has 4 bridgehead atoms. The summed E-state index contributed by atoms with van der Waals surface area (Å²) < 4.78 is 6.39. The van der Waals surface area contributed by atoms with Gasteiger partial charge in [-0.15, -0.1) is 0 Å². The van der Waals surface area contributed by atoms with Crippen LogP contribution in [0.4, 0.5) is 0 Å². The van der Waals surface area contributed by atoms with Crippen LogP contribution in [-0.4, -0.2) is 18.5 Å². The number of rotatable bonds is 5. The number of benzene rings is 1. The topological polar surface area (TPSA) is 55.4 Å². The van der Waals surface area contributed by atoms with Gasteiger partial charge in [-0.2, -0.15) is 0 Å². The molecule has 0 heterocycles. The first-order valence-corrected chi connectivity index (χ1v) is 10.5. The molecular weight excluding hydrogens is 394 g/mol. The van der Waals surface area contributed by atoms with Crippen molar-refractivity contribution in [2.75, 3.05) is 6.61 Å². The molecule has 0 aromatic heterocycles. The van der Waals surface area contributed by atoms with Crippen molar-refractivity contribution in [3.05, 3.63) is 34.3 Å². The zero-order valence-corrected chi connectivity index (χ0v) is 16.7. The number of carbonyl (C=O) groups is 2. The summed E-state index contributed by atoms with van der Waals surface area (Å²) in [5, 5.41) is 2.91. The van der Waals surface area contributed by atoms with Crippen molar-refractivity contribution in [3.63, 3.8) is 0 Å². The highest BCUT2D eigenvalue weighted by Crippen LogP contribution is 2.56. The summed E-state index contributed by atoms with van der Waals surface area (Å²) in [5.41, 5.74) is 1.01. The van der Waals surface area contributed by atoms with Crippen molar-refractivity contribution in [2.24, 2.45) is 29.6 Å². The molecule has 1 atom stereocenters. The summed E-state index contributed by atoms with van der Waals surface area (Å²) in [4.78, 5) is 24.9. The van der Waals surface area contributed by atoms with E-state index in [9.17, 15) is 9.59 Å². The second kappa shape index (κ2) is 7.34. The number of esters is 1. The van der Waals surface area contributed by atoms with E-state index < -0.39 is 0 Å². The van der Waals surface area contributed by atoms with Crippen LogP contribution in [0.2, 0.25) is 0 Å². The normalized spacial score (nSPS) is 32.9. The summed E-state index contributed by atoms with van der Waals surface area (Å²) in [6, 6.07) is 7.65. The van der Waals surface area contributed by atoms with Crippen molar-refractivity contribution in [2.45, 2.75) is 45.1 Å². The molecule has 0 aliphatic heterocycles. The fraction of sp³-hybridized carbons (Fsp3) is 0.619. The molecule has 1 aromatic carbocycles. The van der Waals surface area contributed by atoms with Crippen LogP contribution < -0.4 is 5.32 Å². The van der Waals surface area contributed by atoms with Crippen LogP contribution in [0.3, 0.4) is 0 Å². The van der Waals surface area contributed by atoms with Gasteiger partial charge in [0.2, 0.25) is 0 Å². The monoisotopic (exact) mass is 419 g/mol. The van der Waals surface area contributed by atoms with Gasteiger partial charge in [0.05, 0.1) is 12.0 Å². The SMILES string of the molecule is C[C@H](NC(=O)COC(=O)C1C2CC3CC(C2)CC1C3)c1ccccc1Br. The zero-order valence-electron chi connectivity index (χ0n) is 15.1. The summed E-state index contributed by atoms with van der Waals surface area (Å²) in [6.45, 7) is 1.74. The average molecular weight is 420 g/mol. The maximum atomic E-state index is 12.6. The number of ether oxygens (including phenoxy) is 1. The largest absolute Gasteiger partial charge is 0.455 e. The Bertz CT molecular complexity index is 676. The Morgan fingerprint density at radius 3 is 2.35 bits per heavy atom.